The summed E-state index contributed by atoms with van der Waals surface area (Å²) < 4.78 is 11.6. The van der Waals surface area contributed by atoms with Crippen molar-refractivity contribution >= 4 is 23.5 Å². The summed E-state index contributed by atoms with van der Waals surface area (Å²) in [7, 11) is 0. The molecule has 0 saturated carbocycles. The first-order valence-electron chi connectivity index (χ1n) is 10.2. The second-order valence-electron chi connectivity index (χ2n) is 8.29. The van der Waals surface area contributed by atoms with Crippen molar-refractivity contribution in [1.29, 1.82) is 0 Å². The lowest BCUT2D eigenvalue weighted by atomic mass is 9.94. The molecule has 0 aromatic rings. The van der Waals surface area contributed by atoms with Gasteiger partial charge in [-0.15, -0.1) is 0 Å². The molecule has 140 valence electrons. The summed E-state index contributed by atoms with van der Waals surface area (Å²) in [5.74, 6) is 4.65. The molecule has 0 aromatic heterocycles. The third-order valence-corrected chi connectivity index (χ3v) is 9.21. The number of rotatable bonds is 6. The van der Waals surface area contributed by atoms with Gasteiger partial charge in [0.15, 0.2) is 0 Å². The number of hydrogen-bond acceptors (Lipinski definition) is 4. The molecule has 0 aliphatic carbocycles. The summed E-state index contributed by atoms with van der Waals surface area (Å²) in [4.78, 5) is 0. The Morgan fingerprint density at radius 3 is 2.08 bits per heavy atom. The van der Waals surface area contributed by atoms with Crippen molar-refractivity contribution in [3.05, 3.63) is 0 Å². The third-order valence-electron chi connectivity index (χ3n) is 5.90. The van der Waals surface area contributed by atoms with Gasteiger partial charge in [0.1, 0.15) is 0 Å². The van der Waals surface area contributed by atoms with E-state index < -0.39 is 0 Å². The van der Waals surface area contributed by atoms with Crippen LogP contribution in [0, 0.1) is 11.8 Å². The molecule has 6 atom stereocenters. The molecular weight excluding hydrogens is 336 g/mol. The quantitative estimate of drug-likeness (QED) is 0.621. The van der Waals surface area contributed by atoms with Gasteiger partial charge in [-0.1, -0.05) is 6.92 Å². The van der Waals surface area contributed by atoms with Gasteiger partial charge in [-0.25, -0.2) is 0 Å². The molecule has 4 heteroatoms. The van der Waals surface area contributed by atoms with Crippen molar-refractivity contribution in [2.75, 3.05) is 24.7 Å². The van der Waals surface area contributed by atoms with E-state index in [2.05, 4.69) is 37.4 Å². The lowest BCUT2D eigenvalue weighted by Crippen LogP contribution is -2.34. The van der Waals surface area contributed by atoms with E-state index in [4.69, 9.17) is 9.47 Å². The highest BCUT2D eigenvalue weighted by Gasteiger charge is 2.26. The van der Waals surface area contributed by atoms with Gasteiger partial charge >= 0.3 is 0 Å². The van der Waals surface area contributed by atoms with E-state index in [0.29, 0.717) is 6.10 Å². The molecule has 3 saturated heterocycles. The predicted molar refractivity (Wildman–Crippen MR) is 107 cm³/mol. The molecule has 0 N–H and O–H groups in total. The molecule has 3 rings (SSSR count). The summed E-state index contributed by atoms with van der Waals surface area (Å²) in [5.41, 5.74) is 0. The van der Waals surface area contributed by atoms with Crippen LogP contribution in [0.1, 0.15) is 65.2 Å². The molecule has 0 aromatic carbocycles. The van der Waals surface area contributed by atoms with Crippen LogP contribution in [0.3, 0.4) is 0 Å². The van der Waals surface area contributed by atoms with Crippen LogP contribution in [-0.2, 0) is 9.47 Å². The minimum absolute atomic E-state index is 0.290. The molecular formula is C20H36O2S2. The van der Waals surface area contributed by atoms with Gasteiger partial charge < -0.3 is 9.47 Å². The molecule has 0 bridgehead atoms. The van der Waals surface area contributed by atoms with Crippen LogP contribution in [0.5, 0.6) is 0 Å². The molecule has 3 aliphatic heterocycles. The molecule has 6 unspecified atom stereocenters. The highest BCUT2D eigenvalue weighted by molar-refractivity contribution is 8.00. The zero-order valence-corrected chi connectivity index (χ0v) is 17.2. The molecule has 3 aliphatic rings. The van der Waals surface area contributed by atoms with Crippen LogP contribution in [0.25, 0.3) is 0 Å². The van der Waals surface area contributed by atoms with Gasteiger partial charge in [-0.3, -0.25) is 0 Å². The van der Waals surface area contributed by atoms with E-state index in [1.165, 1.54) is 62.9 Å². The molecule has 2 nitrogen and oxygen atoms in total. The summed E-state index contributed by atoms with van der Waals surface area (Å²) in [5, 5.41) is 1.90. The van der Waals surface area contributed by atoms with E-state index in [0.717, 1.165) is 35.5 Å². The summed E-state index contributed by atoms with van der Waals surface area (Å²) in [6, 6.07) is 0. The second-order valence-corrected chi connectivity index (χ2v) is 11.0. The van der Waals surface area contributed by atoms with Crippen LogP contribution in [0.4, 0.5) is 0 Å². The topological polar surface area (TPSA) is 18.5 Å². The number of thioether (sulfide) groups is 2. The Balaban J connectivity index is 1.24. The van der Waals surface area contributed by atoms with Gasteiger partial charge in [0, 0.05) is 10.5 Å². The Kier molecular flexibility index (Phi) is 8.14. The van der Waals surface area contributed by atoms with Crippen LogP contribution in [0.15, 0.2) is 0 Å². The zero-order chi connectivity index (χ0) is 16.8. The molecule has 24 heavy (non-hydrogen) atoms. The van der Waals surface area contributed by atoms with Crippen LogP contribution < -0.4 is 0 Å². The SMILES string of the molecule is CC1CCC(CCC2CCC(CCC3COC(C)CO3)CS2)SC1. The van der Waals surface area contributed by atoms with E-state index >= 15 is 0 Å². The van der Waals surface area contributed by atoms with Crippen molar-refractivity contribution in [2.24, 2.45) is 11.8 Å². The zero-order valence-electron chi connectivity index (χ0n) is 15.6. The largest absolute Gasteiger partial charge is 0.373 e. The fourth-order valence-corrected chi connectivity index (χ4v) is 6.94. The van der Waals surface area contributed by atoms with Gasteiger partial charge in [-0.05, 0) is 81.6 Å². The highest BCUT2D eigenvalue weighted by Crippen LogP contribution is 2.37. The molecule has 3 fully saturated rings. The van der Waals surface area contributed by atoms with Crippen molar-refractivity contribution in [1.82, 2.24) is 0 Å². The standard InChI is InChI=1S/C20H36O2S2/c1-15-3-7-19(23-13-15)9-10-20-8-5-17(14-24-20)4-6-18-12-21-16(2)11-22-18/h15-20H,3-14H2,1-2H3. The Hall–Kier alpha value is 0.620. The monoisotopic (exact) mass is 372 g/mol. The fraction of sp³-hybridized carbons (Fsp3) is 1.00. The Labute approximate surface area is 157 Å². The molecule has 0 spiro atoms. The van der Waals surface area contributed by atoms with E-state index in [1.54, 1.807) is 0 Å². The smallest absolute Gasteiger partial charge is 0.0810 e. The number of hydrogen-bond donors (Lipinski definition) is 0. The summed E-state index contributed by atoms with van der Waals surface area (Å²) in [6.45, 7) is 6.09. The first-order chi connectivity index (χ1) is 11.7. The van der Waals surface area contributed by atoms with E-state index in [9.17, 15) is 0 Å². The van der Waals surface area contributed by atoms with Gasteiger partial charge in [0.25, 0.3) is 0 Å². The normalized spacial score (nSPS) is 41.2. The predicted octanol–water partition coefficient (Wildman–Crippen LogP) is 5.39. The maximum absolute atomic E-state index is 5.88. The van der Waals surface area contributed by atoms with Gasteiger partial charge in [0.2, 0.25) is 0 Å². The van der Waals surface area contributed by atoms with Gasteiger partial charge in [-0.2, -0.15) is 23.5 Å². The van der Waals surface area contributed by atoms with Crippen molar-refractivity contribution in [3.63, 3.8) is 0 Å². The minimum Gasteiger partial charge on any atom is -0.373 e. The van der Waals surface area contributed by atoms with Crippen LogP contribution in [0.2, 0.25) is 0 Å². The Morgan fingerprint density at radius 1 is 0.750 bits per heavy atom. The first-order valence-corrected chi connectivity index (χ1v) is 12.2. The first kappa shape index (κ1) is 19.4. The Bertz CT molecular complexity index is 308. The average molecular weight is 373 g/mol. The molecule has 0 radical (unpaired) electrons. The maximum atomic E-state index is 5.88. The highest BCUT2D eigenvalue weighted by atomic mass is 32.2. The minimum atomic E-state index is 0.290. The fourth-order valence-electron chi connectivity index (χ4n) is 4.08. The van der Waals surface area contributed by atoms with Crippen molar-refractivity contribution in [2.45, 2.75) is 87.9 Å². The van der Waals surface area contributed by atoms with E-state index in [1.807, 2.05) is 0 Å². The maximum Gasteiger partial charge on any atom is 0.0810 e. The van der Waals surface area contributed by atoms with Crippen molar-refractivity contribution < 1.29 is 9.47 Å². The lowest BCUT2D eigenvalue weighted by molar-refractivity contribution is -0.129. The third kappa shape index (κ3) is 6.41. The van der Waals surface area contributed by atoms with Crippen LogP contribution >= 0.6 is 23.5 Å². The summed E-state index contributed by atoms with van der Waals surface area (Å²) in [6.07, 6.45) is 11.9. The van der Waals surface area contributed by atoms with E-state index in [-0.39, 0.29) is 6.10 Å². The van der Waals surface area contributed by atoms with Crippen molar-refractivity contribution in [3.8, 4) is 0 Å². The second kappa shape index (κ2) is 10.1. The van der Waals surface area contributed by atoms with Crippen LogP contribution in [-0.4, -0.2) is 47.4 Å². The number of ether oxygens (including phenoxy) is 2. The Morgan fingerprint density at radius 2 is 1.50 bits per heavy atom. The van der Waals surface area contributed by atoms with Gasteiger partial charge in [0.05, 0.1) is 25.4 Å². The molecule has 0 amide bonds. The summed E-state index contributed by atoms with van der Waals surface area (Å²) >= 11 is 4.52. The molecule has 3 heterocycles. The average Bonchev–Trinajstić information content (AvgIpc) is 2.62. The lowest BCUT2D eigenvalue weighted by Gasteiger charge is -2.32.